The summed E-state index contributed by atoms with van der Waals surface area (Å²) in [5, 5.41) is 3.10. The number of carbonyl (C=O) groups is 2. The molecule has 1 saturated carbocycles. The van der Waals surface area contributed by atoms with Crippen LogP contribution in [0.2, 0.25) is 5.02 Å². The van der Waals surface area contributed by atoms with E-state index < -0.39 is 36.6 Å². The fourth-order valence-electron chi connectivity index (χ4n) is 8.91. The highest BCUT2D eigenvalue weighted by atomic mass is 35.5. The van der Waals surface area contributed by atoms with Crippen molar-refractivity contribution in [2.75, 3.05) is 76.4 Å². The number of piperazine rings is 1. The third-order valence-electron chi connectivity index (χ3n) is 12.7. The molecule has 0 aromatic heterocycles. The number of halogens is 1. The molecular weight excluding hydrogens is 788 g/mol. The molecule has 3 aliphatic heterocycles. The molecule has 6 atom stereocenters. The number of sulfonamides is 1. The van der Waals surface area contributed by atoms with Crippen molar-refractivity contribution in [2.45, 2.75) is 76.1 Å². The number of nitrogens with zero attached hydrogens (tertiary/aromatic N) is 2. The Morgan fingerprint density at radius 1 is 1.11 bits per heavy atom. The van der Waals surface area contributed by atoms with Gasteiger partial charge in [0.1, 0.15) is 21.2 Å². The van der Waals surface area contributed by atoms with Crippen molar-refractivity contribution in [3.05, 3.63) is 70.3 Å². The standard InChI is InChI=1S/C34H41ClN2O6S.C7H16N2O2S.CH4/c1-22-6-4-15-34(20-38,42-3)29-11-8-26(29)18-37-19-33(14-5-7-24-16-27(35)10-12-28(24)33)21-43-31-13-9-25(17-30(31)37)32(39)36-44(40,41)23(22)2;1-12(10,11)7-6-9-4-2-8-3-5-9;/h4,9-10,12-13,15-17,20,22-23,26,29H,5-8,11,14,18-19,21H2,1-3H3,(H,36,39);8H,2-7H2,1H3;1H4/b15-4+;;/t22-,23+,26-,29+,33-,34-;;/m0../s1. The van der Waals surface area contributed by atoms with E-state index in [1.807, 2.05) is 25.1 Å². The third kappa shape index (κ3) is 10.2. The SMILES string of the molecule is C.CO[C@]1(C=O)/C=C/C[C@H](C)[C@@H](C)S(=O)(=O)NC(=O)c2ccc3c(c2)N(C[C@@H]2CC[C@H]21)C[C@@]1(CCCc2cc(Cl)ccc21)CO3.CS(=O)(=O)CCN1CCNCC1. The summed E-state index contributed by atoms with van der Waals surface area (Å²) in [7, 11) is -5.19. The minimum atomic E-state index is -3.97. The van der Waals surface area contributed by atoms with E-state index >= 15 is 0 Å². The molecule has 0 radical (unpaired) electrons. The van der Waals surface area contributed by atoms with E-state index in [4.69, 9.17) is 21.1 Å². The molecule has 2 fully saturated rings. The molecule has 2 aromatic carbocycles. The molecule has 2 N–H and O–H groups in total. The summed E-state index contributed by atoms with van der Waals surface area (Å²) in [6.45, 7) is 9.74. The second kappa shape index (κ2) is 18.5. The lowest BCUT2D eigenvalue weighted by molar-refractivity contribution is -0.135. The van der Waals surface area contributed by atoms with Crippen LogP contribution in [0.3, 0.4) is 0 Å². The number of allylic oxidation sites excluding steroid dienone is 1. The van der Waals surface area contributed by atoms with Gasteiger partial charge in [-0.15, -0.1) is 0 Å². The Bertz CT molecular complexity index is 2010. The van der Waals surface area contributed by atoms with Crippen molar-refractivity contribution in [3.63, 3.8) is 0 Å². The van der Waals surface area contributed by atoms with Gasteiger partial charge in [-0.3, -0.25) is 14.5 Å². The zero-order chi connectivity index (χ0) is 40.3. The van der Waals surface area contributed by atoms with Crippen LogP contribution in [0.4, 0.5) is 5.69 Å². The molecule has 1 saturated heterocycles. The second-order valence-corrected chi connectivity index (χ2v) is 21.2. The van der Waals surface area contributed by atoms with Gasteiger partial charge in [0, 0.05) is 81.1 Å². The molecule has 2 aromatic rings. The van der Waals surface area contributed by atoms with E-state index in [1.165, 1.54) is 17.4 Å². The van der Waals surface area contributed by atoms with E-state index in [0.717, 1.165) is 70.3 Å². The van der Waals surface area contributed by atoms with Gasteiger partial charge in [0.25, 0.3) is 5.91 Å². The highest BCUT2D eigenvalue weighted by Gasteiger charge is 2.49. The van der Waals surface area contributed by atoms with Crippen LogP contribution in [0.25, 0.3) is 0 Å². The highest BCUT2D eigenvalue weighted by molar-refractivity contribution is 7.90. The lowest BCUT2D eigenvalue weighted by atomic mass is 9.64. The number of fused-ring (bicyclic) bond motifs is 4. The molecule has 316 valence electrons. The first-order valence-electron chi connectivity index (χ1n) is 19.8. The molecule has 5 aliphatic rings. The number of hydrogen-bond donors (Lipinski definition) is 2. The van der Waals surface area contributed by atoms with Crippen molar-refractivity contribution >= 4 is 49.3 Å². The topological polar surface area (TPSA) is 151 Å². The van der Waals surface area contributed by atoms with Crippen LogP contribution in [0, 0.1) is 17.8 Å². The van der Waals surface area contributed by atoms with Gasteiger partial charge in [-0.2, -0.15) is 0 Å². The van der Waals surface area contributed by atoms with Crippen molar-refractivity contribution < 1.29 is 35.9 Å². The first kappa shape index (κ1) is 45.1. The van der Waals surface area contributed by atoms with E-state index in [2.05, 4.69) is 32.0 Å². The summed E-state index contributed by atoms with van der Waals surface area (Å²) in [5.74, 6) is 0.0820. The summed E-state index contributed by atoms with van der Waals surface area (Å²) in [4.78, 5) is 30.6. The Morgan fingerprint density at radius 2 is 1.86 bits per heavy atom. The number of amides is 1. The quantitative estimate of drug-likeness (QED) is 0.308. The predicted molar refractivity (Wildman–Crippen MR) is 227 cm³/mol. The van der Waals surface area contributed by atoms with Gasteiger partial charge in [0.2, 0.25) is 10.0 Å². The van der Waals surface area contributed by atoms with Gasteiger partial charge >= 0.3 is 0 Å². The largest absolute Gasteiger partial charge is 0.490 e. The Morgan fingerprint density at radius 3 is 2.53 bits per heavy atom. The smallest absolute Gasteiger partial charge is 0.264 e. The average Bonchev–Trinajstić information content (AvgIpc) is 3.31. The molecule has 7 rings (SSSR count). The lowest BCUT2D eigenvalue weighted by Gasteiger charge is -2.48. The predicted octanol–water partition coefficient (Wildman–Crippen LogP) is 5.04. The van der Waals surface area contributed by atoms with Crippen LogP contribution in [0.1, 0.15) is 74.9 Å². The Kier molecular flexibility index (Phi) is 14.6. The van der Waals surface area contributed by atoms with Crippen LogP contribution < -0.4 is 19.7 Å². The molecule has 3 heterocycles. The third-order valence-corrected chi connectivity index (χ3v) is 15.8. The number of benzene rings is 2. The first-order valence-corrected chi connectivity index (χ1v) is 23.7. The summed E-state index contributed by atoms with van der Waals surface area (Å²) >= 11 is 6.40. The Balaban J connectivity index is 0.000000410. The Hall–Kier alpha value is -3.01. The molecule has 2 aliphatic carbocycles. The number of sulfone groups is 1. The summed E-state index contributed by atoms with van der Waals surface area (Å²) in [6, 6.07) is 11.3. The van der Waals surface area contributed by atoms with Gasteiger partial charge in [0.05, 0.1) is 23.3 Å². The van der Waals surface area contributed by atoms with Crippen molar-refractivity contribution in [3.8, 4) is 5.75 Å². The number of ether oxygens (including phenoxy) is 2. The van der Waals surface area contributed by atoms with Crippen molar-refractivity contribution in [1.82, 2.24) is 14.9 Å². The number of aryl methyl sites for hydroxylation is 1. The number of carbonyl (C=O) groups excluding carboxylic acids is 2. The molecule has 15 heteroatoms. The number of anilines is 1. The number of methoxy groups -OCH3 is 1. The zero-order valence-corrected chi connectivity index (χ0v) is 35.4. The van der Waals surface area contributed by atoms with Crippen LogP contribution in [-0.4, -0.2) is 116 Å². The average molecular weight is 850 g/mol. The molecule has 1 spiro atoms. The minimum Gasteiger partial charge on any atom is -0.490 e. The molecule has 57 heavy (non-hydrogen) atoms. The van der Waals surface area contributed by atoms with Gasteiger partial charge < -0.3 is 19.7 Å². The normalized spacial score (nSPS) is 30.6. The second-order valence-electron chi connectivity index (χ2n) is 16.4. The maximum absolute atomic E-state index is 13.4. The van der Waals surface area contributed by atoms with Crippen LogP contribution in [0.5, 0.6) is 5.75 Å². The molecule has 1 amide bonds. The number of hydrogen-bond acceptors (Lipinski definition) is 11. The fraction of sp³-hybridized carbons (Fsp3) is 0.619. The van der Waals surface area contributed by atoms with Crippen LogP contribution in [0.15, 0.2) is 48.6 Å². The van der Waals surface area contributed by atoms with E-state index in [9.17, 15) is 26.4 Å². The zero-order valence-electron chi connectivity index (χ0n) is 33.0. The van der Waals surface area contributed by atoms with Gasteiger partial charge in [0.15, 0.2) is 6.29 Å². The number of rotatable bonds is 5. The number of aldehydes is 1. The van der Waals surface area contributed by atoms with E-state index in [-0.39, 0.29) is 41.9 Å². The summed E-state index contributed by atoms with van der Waals surface area (Å²) in [6.07, 6.45) is 10.9. The fourth-order valence-corrected chi connectivity index (χ4v) is 11.0. The molecule has 0 unspecified atom stereocenters. The van der Waals surface area contributed by atoms with Gasteiger partial charge in [-0.05, 0) is 105 Å². The summed E-state index contributed by atoms with van der Waals surface area (Å²) < 4.78 is 63.0. The van der Waals surface area contributed by atoms with Crippen molar-refractivity contribution in [1.29, 1.82) is 0 Å². The highest BCUT2D eigenvalue weighted by Crippen LogP contribution is 2.48. The van der Waals surface area contributed by atoms with Gasteiger partial charge in [-0.1, -0.05) is 38.1 Å². The lowest BCUT2D eigenvalue weighted by Crippen LogP contribution is -2.53. The summed E-state index contributed by atoms with van der Waals surface area (Å²) in [5.41, 5.74) is 2.05. The molecule has 2 bridgehead atoms. The Labute approximate surface area is 345 Å². The molecule has 12 nitrogen and oxygen atoms in total. The number of nitrogens with one attached hydrogen (secondary N) is 2. The van der Waals surface area contributed by atoms with E-state index in [0.29, 0.717) is 43.4 Å². The van der Waals surface area contributed by atoms with Gasteiger partial charge in [-0.25, -0.2) is 21.6 Å². The maximum Gasteiger partial charge on any atom is 0.264 e. The van der Waals surface area contributed by atoms with Crippen LogP contribution in [-0.2, 0) is 41.2 Å². The first-order chi connectivity index (χ1) is 26.6. The van der Waals surface area contributed by atoms with Crippen molar-refractivity contribution in [2.24, 2.45) is 17.8 Å². The van der Waals surface area contributed by atoms with E-state index in [1.54, 1.807) is 32.2 Å². The van der Waals surface area contributed by atoms with Crippen LogP contribution >= 0.6 is 11.6 Å². The monoisotopic (exact) mass is 848 g/mol. The maximum atomic E-state index is 13.4. The molecular formula is C42H61ClN4O8S2. The minimum absolute atomic E-state index is 0.